The van der Waals surface area contributed by atoms with Gasteiger partial charge in [-0.25, -0.2) is 4.79 Å². The van der Waals surface area contributed by atoms with Crippen molar-refractivity contribution in [3.8, 4) is 0 Å². The SMILES string of the molecule is CCC(O)c1ccc(N2C(=O)CCC2[C@@H](OC)c2ccc(C(=O)O)s2)cc1. The minimum absolute atomic E-state index is 0.0147. The summed E-state index contributed by atoms with van der Waals surface area (Å²) < 4.78 is 5.68. The summed E-state index contributed by atoms with van der Waals surface area (Å²) in [6.07, 6.45) is 0.769. The van der Waals surface area contributed by atoms with Gasteiger partial charge in [0.1, 0.15) is 11.0 Å². The first-order chi connectivity index (χ1) is 13.0. The Morgan fingerprint density at radius 3 is 2.56 bits per heavy atom. The van der Waals surface area contributed by atoms with E-state index in [1.807, 2.05) is 31.2 Å². The van der Waals surface area contributed by atoms with Crippen LogP contribution in [-0.2, 0) is 9.53 Å². The third-order valence-electron chi connectivity index (χ3n) is 4.92. The van der Waals surface area contributed by atoms with E-state index in [2.05, 4.69) is 0 Å². The third-order valence-corrected chi connectivity index (χ3v) is 6.05. The normalized spacial score (nSPS) is 19.3. The van der Waals surface area contributed by atoms with Crippen LogP contribution in [0.4, 0.5) is 5.69 Å². The Bertz CT molecular complexity index is 816. The van der Waals surface area contributed by atoms with E-state index < -0.39 is 18.2 Å². The fraction of sp³-hybridized carbons (Fsp3) is 0.400. The standard InChI is InChI=1S/C20H23NO5S/c1-3-15(22)12-4-6-13(7-5-12)21-14(8-11-18(21)23)19(26-2)16-9-10-17(27-16)20(24)25/h4-7,9-10,14-15,19,22H,3,8,11H2,1-2H3,(H,24,25)/t14?,15?,19-/m1/s1. The number of ether oxygens (including phenoxy) is 1. The summed E-state index contributed by atoms with van der Waals surface area (Å²) in [4.78, 5) is 26.5. The van der Waals surface area contributed by atoms with Crippen LogP contribution < -0.4 is 4.90 Å². The summed E-state index contributed by atoms with van der Waals surface area (Å²) in [7, 11) is 1.58. The molecule has 27 heavy (non-hydrogen) atoms. The van der Waals surface area contributed by atoms with Gasteiger partial charge in [0.15, 0.2) is 0 Å². The molecule has 6 nitrogen and oxygen atoms in total. The molecule has 7 heteroatoms. The average Bonchev–Trinajstić information content (AvgIpc) is 3.30. The lowest BCUT2D eigenvalue weighted by atomic mass is 10.0. The number of thiophene rings is 1. The maximum atomic E-state index is 12.6. The van der Waals surface area contributed by atoms with Crippen LogP contribution in [0.5, 0.6) is 0 Å². The molecule has 1 fully saturated rings. The van der Waals surface area contributed by atoms with E-state index >= 15 is 0 Å². The average molecular weight is 389 g/mol. The number of nitrogens with zero attached hydrogens (tertiary/aromatic N) is 1. The van der Waals surface area contributed by atoms with Gasteiger partial charge in [-0.3, -0.25) is 4.79 Å². The second-order valence-corrected chi connectivity index (χ2v) is 7.66. The van der Waals surface area contributed by atoms with Crippen molar-refractivity contribution in [2.75, 3.05) is 12.0 Å². The molecule has 3 rings (SSSR count). The molecule has 1 aliphatic rings. The summed E-state index contributed by atoms with van der Waals surface area (Å²) >= 11 is 1.17. The van der Waals surface area contributed by atoms with Crippen molar-refractivity contribution in [2.45, 2.75) is 44.4 Å². The predicted octanol–water partition coefficient (Wildman–Crippen LogP) is 3.77. The molecule has 0 bridgehead atoms. The Kier molecular flexibility index (Phi) is 5.94. The van der Waals surface area contributed by atoms with Gasteiger partial charge < -0.3 is 19.8 Å². The van der Waals surface area contributed by atoms with Crippen molar-refractivity contribution in [2.24, 2.45) is 0 Å². The van der Waals surface area contributed by atoms with Crippen molar-refractivity contribution in [3.63, 3.8) is 0 Å². The van der Waals surface area contributed by atoms with Crippen LogP contribution in [0.2, 0.25) is 0 Å². The molecule has 2 unspecified atom stereocenters. The topological polar surface area (TPSA) is 87.1 Å². The smallest absolute Gasteiger partial charge is 0.345 e. The number of aromatic carboxylic acids is 1. The number of carboxylic acid groups (broad SMARTS) is 1. The van der Waals surface area contributed by atoms with Crippen molar-refractivity contribution in [1.82, 2.24) is 0 Å². The third kappa shape index (κ3) is 3.90. The molecule has 0 aliphatic carbocycles. The second-order valence-electron chi connectivity index (χ2n) is 6.55. The molecule has 0 saturated carbocycles. The van der Waals surface area contributed by atoms with Crippen molar-refractivity contribution in [3.05, 3.63) is 51.7 Å². The molecular weight excluding hydrogens is 366 g/mol. The summed E-state index contributed by atoms with van der Waals surface area (Å²) in [5, 5.41) is 19.1. The van der Waals surface area contributed by atoms with Gasteiger partial charge in [0.05, 0.1) is 12.1 Å². The molecule has 3 atom stereocenters. The largest absolute Gasteiger partial charge is 0.477 e. The zero-order chi connectivity index (χ0) is 19.6. The zero-order valence-corrected chi connectivity index (χ0v) is 16.1. The first kappa shape index (κ1) is 19.5. The van der Waals surface area contributed by atoms with Crippen LogP contribution in [0.1, 0.15) is 58.5 Å². The van der Waals surface area contributed by atoms with E-state index in [0.717, 1.165) is 16.1 Å². The minimum Gasteiger partial charge on any atom is -0.477 e. The van der Waals surface area contributed by atoms with Crippen molar-refractivity contribution < 1.29 is 24.5 Å². The highest BCUT2D eigenvalue weighted by atomic mass is 32.1. The number of anilines is 1. The molecule has 144 valence electrons. The quantitative estimate of drug-likeness (QED) is 0.753. The number of aliphatic hydroxyl groups excluding tert-OH is 1. The van der Waals surface area contributed by atoms with Gasteiger partial charge in [-0.1, -0.05) is 19.1 Å². The fourth-order valence-electron chi connectivity index (χ4n) is 3.50. The lowest BCUT2D eigenvalue weighted by molar-refractivity contribution is -0.117. The van der Waals surface area contributed by atoms with Crippen LogP contribution in [0.3, 0.4) is 0 Å². The first-order valence-electron chi connectivity index (χ1n) is 8.92. The Labute approximate surface area is 162 Å². The van der Waals surface area contributed by atoms with Gasteiger partial charge in [-0.15, -0.1) is 11.3 Å². The molecular formula is C20H23NO5S. The number of aliphatic hydroxyl groups is 1. The van der Waals surface area contributed by atoms with Crippen LogP contribution >= 0.6 is 11.3 Å². The molecule has 1 amide bonds. The van der Waals surface area contributed by atoms with Gasteiger partial charge in [0.2, 0.25) is 5.91 Å². The number of rotatable bonds is 7. The van der Waals surface area contributed by atoms with E-state index in [1.54, 1.807) is 24.1 Å². The van der Waals surface area contributed by atoms with Gasteiger partial charge in [-0.2, -0.15) is 0 Å². The summed E-state index contributed by atoms with van der Waals surface area (Å²) in [5.41, 5.74) is 1.57. The van der Waals surface area contributed by atoms with Gasteiger partial charge in [0.25, 0.3) is 0 Å². The predicted molar refractivity (Wildman–Crippen MR) is 103 cm³/mol. The maximum absolute atomic E-state index is 12.6. The van der Waals surface area contributed by atoms with Gasteiger partial charge in [0, 0.05) is 24.1 Å². The zero-order valence-electron chi connectivity index (χ0n) is 15.3. The van der Waals surface area contributed by atoms with E-state index in [0.29, 0.717) is 19.3 Å². The van der Waals surface area contributed by atoms with Gasteiger partial charge >= 0.3 is 5.97 Å². The number of carbonyl (C=O) groups is 2. The van der Waals surface area contributed by atoms with E-state index in [-0.39, 0.29) is 16.8 Å². The number of carbonyl (C=O) groups excluding carboxylic acids is 1. The molecule has 1 aromatic carbocycles. The highest BCUT2D eigenvalue weighted by molar-refractivity contribution is 7.14. The molecule has 1 aromatic heterocycles. The number of methoxy groups -OCH3 is 1. The van der Waals surface area contributed by atoms with Crippen LogP contribution in [-0.4, -0.2) is 35.2 Å². The van der Waals surface area contributed by atoms with Crippen LogP contribution in [0.15, 0.2) is 36.4 Å². The number of hydrogen-bond acceptors (Lipinski definition) is 5. The monoisotopic (exact) mass is 389 g/mol. The van der Waals surface area contributed by atoms with E-state index in [4.69, 9.17) is 9.84 Å². The minimum atomic E-state index is -0.967. The summed E-state index contributed by atoms with van der Waals surface area (Å²) in [6.45, 7) is 1.91. The Balaban J connectivity index is 1.89. The van der Waals surface area contributed by atoms with Crippen LogP contribution in [0.25, 0.3) is 0 Å². The lowest BCUT2D eigenvalue weighted by Gasteiger charge is -2.30. The maximum Gasteiger partial charge on any atom is 0.345 e. The second kappa shape index (κ2) is 8.21. The molecule has 0 spiro atoms. The summed E-state index contributed by atoms with van der Waals surface area (Å²) in [5.74, 6) is -0.952. The first-order valence-corrected chi connectivity index (χ1v) is 9.73. The Morgan fingerprint density at radius 2 is 2.00 bits per heavy atom. The van der Waals surface area contributed by atoms with E-state index in [9.17, 15) is 14.7 Å². The Hall–Kier alpha value is -2.22. The summed E-state index contributed by atoms with van der Waals surface area (Å²) in [6, 6.07) is 10.5. The highest BCUT2D eigenvalue weighted by Crippen LogP contribution is 2.38. The molecule has 1 saturated heterocycles. The molecule has 2 heterocycles. The lowest BCUT2D eigenvalue weighted by Crippen LogP contribution is -2.37. The van der Waals surface area contributed by atoms with Gasteiger partial charge in [-0.05, 0) is 42.7 Å². The number of amides is 1. The Morgan fingerprint density at radius 1 is 1.30 bits per heavy atom. The fourth-order valence-corrected chi connectivity index (χ4v) is 4.49. The molecule has 1 aliphatic heterocycles. The molecule has 0 radical (unpaired) electrons. The molecule has 2 N–H and O–H groups in total. The van der Waals surface area contributed by atoms with Crippen molar-refractivity contribution in [1.29, 1.82) is 0 Å². The molecule has 2 aromatic rings. The van der Waals surface area contributed by atoms with Crippen molar-refractivity contribution >= 4 is 28.9 Å². The number of carboxylic acids is 1. The van der Waals surface area contributed by atoms with E-state index in [1.165, 1.54) is 11.3 Å². The number of benzene rings is 1. The number of hydrogen-bond donors (Lipinski definition) is 2. The van der Waals surface area contributed by atoms with Crippen LogP contribution in [0, 0.1) is 0 Å². The highest BCUT2D eigenvalue weighted by Gasteiger charge is 2.39.